The Hall–Kier alpha value is -6.54. The Balaban J connectivity index is 0.000000156. The van der Waals surface area contributed by atoms with Gasteiger partial charge < -0.3 is 4.74 Å². The average Bonchev–Trinajstić information content (AvgIpc) is 0.883. The standard InChI is InChI=1S/C20H22N2O2S2.C20H22N2OS.C20H22N2S2.C19H19ClN2O2S2/c1-15-9-16(2)11-19(10-15)25-20-4-3-17(13-21)12-18(20)14-22-5-7-26(23,24)8-6-22;2*1-15-9-16(2)11-19(10-15)24-20-4-3-17(13-21)12-18(20)14-22-5-7-23-8-6-22;1-14-8-17(20)11-18(9-14)25-19-3-2-15(12-21)10-16(19)13-22-4-6-26(23,24)7-5-22/h3-4,9-12H,5-8,14H2,1-2H3;2*3-4,9-12H,5-8,14H2,1-2H3;2-3,8-11H,4-7,13H2,1H3. The van der Waals surface area contributed by atoms with Gasteiger partial charge in [0.25, 0.3) is 0 Å². The van der Waals surface area contributed by atoms with Crippen molar-refractivity contribution in [1.29, 1.82) is 21.0 Å². The molecule has 0 aliphatic carbocycles. The van der Waals surface area contributed by atoms with Crippen LogP contribution in [0.3, 0.4) is 0 Å². The van der Waals surface area contributed by atoms with Gasteiger partial charge in [0.05, 0.1) is 82.8 Å². The van der Waals surface area contributed by atoms with Gasteiger partial charge in [0.1, 0.15) is 0 Å². The molecule has 0 amide bonds. The van der Waals surface area contributed by atoms with Crippen LogP contribution in [-0.4, -0.2) is 137 Å². The second kappa shape index (κ2) is 37.6. The molecular formula is C79H85ClN8O5S7. The smallest absolute Gasteiger partial charge is 0.152 e. The van der Waals surface area contributed by atoms with E-state index in [1.54, 1.807) is 35.3 Å². The van der Waals surface area contributed by atoms with Gasteiger partial charge >= 0.3 is 0 Å². The summed E-state index contributed by atoms with van der Waals surface area (Å²) >= 11 is 15.1. The lowest BCUT2D eigenvalue weighted by atomic mass is 10.1. The first-order valence-corrected chi connectivity index (χ1v) is 41.7. The molecule has 12 rings (SSSR count). The Morgan fingerprint density at radius 2 is 0.630 bits per heavy atom. The van der Waals surface area contributed by atoms with Crippen LogP contribution in [0.2, 0.25) is 5.02 Å². The number of halogens is 1. The third kappa shape index (κ3) is 24.9. The molecule has 4 aliphatic rings. The summed E-state index contributed by atoms with van der Waals surface area (Å²) in [5, 5.41) is 37.6. The highest BCUT2D eigenvalue weighted by Gasteiger charge is 2.25. The van der Waals surface area contributed by atoms with Crippen molar-refractivity contribution in [1.82, 2.24) is 19.6 Å². The van der Waals surface area contributed by atoms with Gasteiger partial charge in [-0.1, -0.05) is 76.8 Å². The number of aryl methyl sites for hydroxylation is 7. The predicted molar refractivity (Wildman–Crippen MR) is 412 cm³/mol. The fourth-order valence-corrected chi connectivity index (χ4v) is 20.4. The fourth-order valence-electron chi connectivity index (χ4n) is 12.0. The summed E-state index contributed by atoms with van der Waals surface area (Å²) in [5.74, 6) is 3.23. The Bertz CT molecular complexity index is 4210. The minimum absolute atomic E-state index is 0.195. The summed E-state index contributed by atoms with van der Waals surface area (Å²) in [5.41, 5.74) is 16.0. The summed E-state index contributed by atoms with van der Waals surface area (Å²) in [7, 11) is -5.79. The topological polar surface area (TPSA) is 186 Å². The maximum absolute atomic E-state index is 11.6. The van der Waals surface area contributed by atoms with Crippen molar-refractivity contribution in [3.05, 3.63) is 234 Å². The van der Waals surface area contributed by atoms with Crippen LogP contribution in [0, 0.1) is 93.8 Å². The Kier molecular flexibility index (Phi) is 29.2. The Morgan fingerprint density at radius 1 is 0.370 bits per heavy atom. The van der Waals surface area contributed by atoms with Crippen LogP contribution in [0.25, 0.3) is 0 Å². The largest absolute Gasteiger partial charge is 0.379 e. The summed E-state index contributed by atoms with van der Waals surface area (Å²) in [6, 6.07) is 58.1. The van der Waals surface area contributed by atoms with E-state index in [1.165, 1.54) is 80.5 Å². The predicted octanol–water partition coefficient (Wildman–Crippen LogP) is 16.5. The molecule has 21 heteroatoms. The van der Waals surface area contributed by atoms with E-state index >= 15 is 0 Å². The highest BCUT2D eigenvalue weighted by molar-refractivity contribution is 8.00. The molecule has 0 radical (unpaired) electrons. The molecule has 0 atom stereocenters. The summed E-state index contributed by atoms with van der Waals surface area (Å²) in [4.78, 5) is 18.6. The maximum Gasteiger partial charge on any atom is 0.152 e. The van der Waals surface area contributed by atoms with Crippen molar-refractivity contribution in [2.24, 2.45) is 0 Å². The lowest BCUT2D eigenvalue weighted by Gasteiger charge is -2.27. The molecule has 8 aromatic rings. The number of benzene rings is 8. The maximum atomic E-state index is 11.6. The third-order valence-electron chi connectivity index (χ3n) is 16.9. The van der Waals surface area contributed by atoms with Gasteiger partial charge in [-0.2, -0.15) is 32.8 Å². The van der Waals surface area contributed by atoms with Crippen LogP contribution in [-0.2, 0) is 50.6 Å². The van der Waals surface area contributed by atoms with Crippen molar-refractivity contribution in [2.45, 2.75) is 114 Å². The molecule has 0 bridgehead atoms. The molecule has 100 heavy (non-hydrogen) atoms. The van der Waals surface area contributed by atoms with Gasteiger partial charge in [-0.25, -0.2) is 16.8 Å². The number of ether oxygens (including phenoxy) is 1. The van der Waals surface area contributed by atoms with E-state index in [0.29, 0.717) is 55.4 Å². The second-order valence-electron chi connectivity index (χ2n) is 25.7. The van der Waals surface area contributed by atoms with E-state index in [2.05, 4.69) is 164 Å². The van der Waals surface area contributed by atoms with Crippen LogP contribution in [0.15, 0.2) is 185 Å². The van der Waals surface area contributed by atoms with E-state index in [-0.39, 0.29) is 23.0 Å². The quantitative estimate of drug-likeness (QED) is 0.0888. The molecule has 4 aliphatic heterocycles. The van der Waals surface area contributed by atoms with Gasteiger partial charge in [0, 0.05) is 134 Å². The second-order valence-corrected chi connectivity index (χ2v) is 36.4. The van der Waals surface area contributed by atoms with Crippen molar-refractivity contribution >= 4 is 90.1 Å². The number of nitriles is 4. The lowest BCUT2D eigenvalue weighted by molar-refractivity contribution is 0.0338. The zero-order chi connectivity index (χ0) is 71.3. The van der Waals surface area contributed by atoms with E-state index in [4.69, 9.17) is 16.3 Å². The fraction of sp³-hybridized carbons (Fsp3) is 0.342. The molecule has 520 valence electrons. The molecule has 0 aromatic heterocycles. The number of hydrogen-bond donors (Lipinski definition) is 0. The summed E-state index contributed by atoms with van der Waals surface area (Å²) in [6.45, 7) is 25.7. The van der Waals surface area contributed by atoms with E-state index in [9.17, 15) is 37.9 Å². The molecular weight excluding hydrogens is 1400 g/mol. The average molecular weight is 1490 g/mol. The molecule has 4 saturated heterocycles. The minimum atomic E-state index is -2.90. The van der Waals surface area contributed by atoms with Crippen molar-refractivity contribution in [3.8, 4) is 24.3 Å². The number of nitrogens with zero attached hydrogens (tertiary/aromatic N) is 8. The summed E-state index contributed by atoms with van der Waals surface area (Å²) in [6.07, 6.45) is 0. The SMILES string of the molecule is Cc1cc(C)cc(Sc2ccc(C#N)cc2CN2CCOCC2)c1.Cc1cc(C)cc(Sc2ccc(C#N)cc2CN2CCS(=O)(=O)CC2)c1.Cc1cc(C)cc(Sc2ccc(C#N)cc2CN2CCSCC2)c1.Cc1cc(Cl)cc(Sc2ccc(C#N)cc2CN2CCS(=O)(=O)CC2)c1. The number of hydrogen-bond acceptors (Lipinski definition) is 18. The van der Waals surface area contributed by atoms with Crippen molar-refractivity contribution < 1.29 is 21.6 Å². The number of sulfone groups is 2. The van der Waals surface area contributed by atoms with Crippen LogP contribution >= 0.6 is 70.4 Å². The first-order valence-electron chi connectivity index (χ1n) is 33.3. The molecule has 4 heterocycles. The van der Waals surface area contributed by atoms with Gasteiger partial charge in [-0.15, -0.1) is 0 Å². The van der Waals surface area contributed by atoms with Crippen LogP contribution in [0.4, 0.5) is 0 Å². The van der Waals surface area contributed by atoms with Gasteiger partial charge in [-0.3, -0.25) is 19.6 Å². The Labute approximate surface area is 619 Å². The highest BCUT2D eigenvalue weighted by Crippen LogP contribution is 2.38. The third-order valence-corrected chi connectivity index (χ3v) is 25.7. The number of thioether (sulfide) groups is 1. The molecule has 0 spiro atoms. The number of rotatable bonds is 16. The monoisotopic (exact) mass is 1480 g/mol. The number of morpholine rings is 1. The van der Waals surface area contributed by atoms with Crippen molar-refractivity contribution in [2.75, 3.05) is 100 Å². The van der Waals surface area contributed by atoms with E-state index in [0.717, 1.165) is 95.0 Å². The molecule has 13 nitrogen and oxygen atoms in total. The van der Waals surface area contributed by atoms with E-state index in [1.807, 2.05) is 97.2 Å². The first kappa shape index (κ1) is 77.6. The van der Waals surface area contributed by atoms with Crippen LogP contribution in [0.5, 0.6) is 0 Å². The summed E-state index contributed by atoms with van der Waals surface area (Å²) < 4.78 is 52.0. The Morgan fingerprint density at radius 3 is 0.910 bits per heavy atom. The molecule has 4 fully saturated rings. The molecule has 0 N–H and O–H groups in total. The lowest BCUT2D eigenvalue weighted by Crippen LogP contribution is -2.39. The van der Waals surface area contributed by atoms with Crippen LogP contribution in [0.1, 0.15) is 83.5 Å². The van der Waals surface area contributed by atoms with Crippen LogP contribution < -0.4 is 0 Å². The van der Waals surface area contributed by atoms with Gasteiger partial charge in [0.15, 0.2) is 19.7 Å². The van der Waals surface area contributed by atoms with E-state index < -0.39 is 19.7 Å². The highest BCUT2D eigenvalue weighted by atomic mass is 35.5. The minimum Gasteiger partial charge on any atom is -0.379 e. The van der Waals surface area contributed by atoms with Gasteiger partial charge in [-0.05, 0) is 237 Å². The molecule has 0 unspecified atom stereocenters. The van der Waals surface area contributed by atoms with Gasteiger partial charge in [0.2, 0.25) is 0 Å². The van der Waals surface area contributed by atoms with Crippen molar-refractivity contribution in [3.63, 3.8) is 0 Å². The molecule has 8 aromatic carbocycles. The zero-order valence-corrected chi connectivity index (χ0v) is 64.3. The zero-order valence-electron chi connectivity index (χ0n) is 57.9. The normalized spacial score (nSPS) is 16.1. The first-order chi connectivity index (χ1) is 48.0. The molecule has 0 saturated carbocycles.